The minimum atomic E-state index is -0.282. The number of fused-ring (bicyclic) bond motifs is 1. The first-order valence-electron chi connectivity index (χ1n) is 9.49. The number of carbonyl (C=O) groups is 1. The Balaban J connectivity index is 1.35. The van der Waals surface area contributed by atoms with Crippen molar-refractivity contribution in [2.24, 2.45) is 0 Å². The summed E-state index contributed by atoms with van der Waals surface area (Å²) in [6.45, 7) is 7.08. The number of nitrogens with zero attached hydrogens (tertiary/aromatic N) is 2. The van der Waals surface area contributed by atoms with Crippen molar-refractivity contribution in [3.63, 3.8) is 0 Å². The van der Waals surface area contributed by atoms with Crippen molar-refractivity contribution in [3.8, 4) is 17.2 Å². The molecule has 0 saturated carbocycles. The summed E-state index contributed by atoms with van der Waals surface area (Å²) < 4.78 is 23.8. The first kappa shape index (κ1) is 18.9. The molecule has 1 unspecified atom stereocenters. The number of amides is 1. The van der Waals surface area contributed by atoms with Crippen LogP contribution >= 0.6 is 0 Å². The maximum absolute atomic E-state index is 12.5. The van der Waals surface area contributed by atoms with Gasteiger partial charge in [-0.3, -0.25) is 9.48 Å². The minimum absolute atomic E-state index is 0.179. The van der Waals surface area contributed by atoms with E-state index in [-0.39, 0.29) is 31.1 Å². The molecule has 2 aromatic heterocycles. The third-order valence-corrected chi connectivity index (χ3v) is 4.73. The average molecular weight is 397 g/mol. The lowest BCUT2D eigenvalue weighted by atomic mass is 10.1. The number of hydrogen-bond donors (Lipinski definition) is 1. The van der Waals surface area contributed by atoms with Crippen molar-refractivity contribution in [3.05, 3.63) is 59.3 Å². The van der Waals surface area contributed by atoms with Crippen molar-refractivity contribution in [2.75, 3.05) is 6.79 Å². The van der Waals surface area contributed by atoms with E-state index >= 15 is 0 Å². The normalized spacial score (nSPS) is 13.3. The molecule has 152 valence electrons. The Morgan fingerprint density at radius 2 is 2.10 bits per heavy atom. The summed E-state index contributed by atoms with van der Waals surface area (Å²) in [6, 6.07) is 8.55. The van der Waals surface area contributed by atoms with E-state index < -0.39 is 0 Å². The van der Waals surface area contributed by atoms with Crippen molar-refractivity contribution >= 4 is 5.91 Å². The monoisotopic (exact) mass is 397 g/mol. The number of aromatic nitrogens is 2. The molecule has 1 atom stereocenters. The predicted octanol–water partition coefficient (Wildman–Crippen LogP) is 3.60. The van der Waals surface area contributed by atoms with Crippen molar-refractivity contribution < 1.29 is 23.4 Å². The number of furan rings is 1. The zero-order chi connectivity index (χ0) is 20.4. The van der Waals surface area contributed by atoms with Crippen LogP contribution in [-0.2, 0) is 13.2 Å². The zero-order valence-electron chi connectivity index (χ0n) is 16.6. The van der Waals surface area contributed by atoms with Gasteiger partial charge in [0.05, 0.1) is 11.7 Å². The molecule has 1 aromatic carbocycles. The molecule has 3 aromatic rings. The molecule has 0 spiro atoms. The van der Waals surface area contributed by atoms with E-state index in [0.29, 0.717) is 23.0 Å². The highest BCUT2D eigenvalue weighted by atomic mass is 16.7. The molecule has 1 N–H and O–H groups in total. The average Bonchev–Trinajstić information content (AvgIpc) is 3.45. The molecule has 1 amide bonds. The van der Waals surface area contributed by atoms with Crippen LogP contribution in [0.2, 0.25) is 0 Å². The van der Waals surface area contributed by atoms with Crippen LogP contribution in [0.1, 0.15) is 47.5 Å². The Bertz CT molecular complexity index is 1020. The Morgan fingerprint density at radius 1 is 1.28 bits per heavy atom. The summed E-state index contributed by atoms with van der Waals surface area (Å²) in [5.41, 5.74) is 1.88. The Kier molecular flexibility index (Phi) is 5.16. The topological polar surface area (TPSA) is 87.8 Å². The van der Waals surface area contributed by atoms with Crippen LogP contribution in [0.25, 0.3) is 0 Å². The van der Waals surface area contributed by atoms with Gasteiger partial charge in [0, 0.05) is 24.4 Å². The van der Waals surface area contributed by atoms with E-state index in [1.807, 2.05) is 31.6 Å². The van der Waals surface area contributed by atoms with Gasteiger partial charge < -0.3 is 23.9 Å². The van der Waals surface area contributed by atoms with Crippen LogP contribution in [0.5, 0.6) is 17.2 Å². The molecular formula is C21H23N3O5. The standard InChI is InChI=1S/C21H23N3O5/c1-4-24-10-17(14(3)23-24)13(2)22-21(25)19-8-6-16(29-19)11-26-15-5-7-18-20(9-15)28-12-27-18/h5-10,13H,4,11-12H2,1-3H3,(H,22,25). The fraction of sp³-hybridized carbons (Fsp3) is 0.333. The van der Waals surface area contributed by atoms with Crippen molar-refractivity contribution in [1.29, 1.82) is 0 Å². The van der Waals surface area contributed by atoms with Gasteiger partial charge in [-0.2, -0.15) is 5.10 Å². The van der Waals surface area contributed by atoms with Gasteiger partial charge in [-0.15, -0.1) is 0 Å². The Hall–Kier alpha value is -3.42. The van der Waals surface area contributed by atoms with Gasteiger partial charge in [0.1, 0.15) is 18.1 Å². The lowest BCUT2D eigenvalue weighted by molar-refractivity contribution is 0.0907. The molecule has 0 radical (unpaired) electrons. The molecule has 8 nitrogen and oxygen atoms in total. The van der Waals surface area contributed by atoms with Crippen LogP contribution in [0, 0.1) is 6.92 Å². The van der Waals surface area contributed by atoms with E-state index in [2.05, 4.69) is 10.4 Å². The van der Waals surface area contributed by atoms with Crippen LogP contribution < -0.4 is 19.5 Å². The quantitative estimate of drug-likeness (QED) is 0.655. The first-order valence-corrected chi connectivity index (χ1v) is 9.49. The first-order chi connectivity index (χ1) is 14.0. The largest absolute Gasteiger partial charge is 0.486 e. The van der Waals surface area contributed by atoms with Gasteiger partial charge in [0.2, 0.25) is 6.79 Å². The SMILES string of the molecule is CCn1cc(C(C)NC(=O)c2ccc(COc3ccc4c(c3)OCO4)o2)c(C)n1. The maximum Gasteiger partial charge on any atom is 0.287 e. The highest BCUT2D eigenvalue weighted by Gasteiger charge is 2.19. The number of carbonyl (C=O) groups excluding carboxylic acids is 1. The van der Waals surface area contributed by atoms with Crippen molar-refractivity contribution in [1.82, 2.24) is 15.1 Å². The number of nitrogens with one attached hydrogen (secondary N) is 1. The molecule has 3 heterocycles. The molecule has 1 aliphatic heterocycles. The minimum Gasteiger partial charge on any atom is -0.486 e. The number of aryl methyl sites for hydroxylation is 2. The number of rotatable bonds is 7. The summed E-state index contributed by atoms with van der Waals surface area (Å²) in [7, 11) is 0. The van der Waals surface area contributed by atoms with Gasteiger partial charge >= 0.3 is 0 Å². The molecule has 1 aliphatic rings. The van der Waals surface area contributed by atoms with Gasteiger partial charge in [-0.05, 0) is 45.0 Å². The van der Waals surface area contributed by atoms with E-state index in [9.17, 15) is 4.79 Å². The summed E-state index contributed by atoms with van der Waals surface area (Å²) >= 11 is 0. The van der Waals surface area contributed by atoms with Crippen LogP contribution in [0.4, 0.5) is 0 Å². The summed E-state index contributed by atoms with van der Waals surface area (Å²) in [5, 5.41) is 7.37. The molecule has 8 heteroatoms. The van der Waals surface area contributed by atoms with Gasteiger partial charge in [-0.25, -0.2) is 0 Å². The van der Waals surface area contributed by atoms with E-state index in [1.165, 1.54) is 0 Å². The molecule has 0 saturated heterocycles. The summed E-state index contributed by atoms with van der Waals surface area (Å²) in [5.74, 6) is 2.49. The second-order valence-electron chi connectivity index (χ2n) is 6.79. The van der Waals surface area contributed by atoms with Crippen LogP contribution in [-0.4, -0.2) is 22.5 Å². The zero-order valence-corrected chi connectivity index (χ0v) is 16.6. The molecular weight excluding hydrogens is 374 g/mol. The predicted molar refractivity (Wildman–Crippen MR) is 104 cm³/mol. The van der Waals surface area contributed by atoms with E-state index in [0.717, 1.165) is 17.8 Å². The highest BCUT2D eigenvalue weighted by molar-refractivity contribution is 5.91. The molecule has 0 fully saturated rings. The van der Waals surface area contributed by atoms with Gasteiger partial charge in [0.15, 0.2) is 17.3 Å². The number of hydrogen-bond acceptors (Lipinski definition) is 6. The summed E-state index contributed by atoms with van der Waals surface area (Å²) in [4.78, 5) is 12.5. The molecule has 0 aliphatic carbocycles. The second kappa shape index (κ2) is 7.90. The third kappa shape index (κ3) is 4.06. The lowest BCUT2D eigenvalue weighted by Gasteiger charge is -2.12. The van der Waals surface area contributed by atoms with Gasteiger partial charge in [0.25, 0.3) is 5.91 Å². The lowest BCUT2D eigenvalue weighted by Crippen LogP contribution is -2.26. The van der Waals surface area contributed by atoms with E-state index in [4.69, 9.17) is 18.6 Å². The van der Waals surface area contributed by atoms with E-state index in [1.54, 1.807) is 30.3 Å². The third-order valence-electron chi connectivity index (χ3n) is 4.73. The van der Waals surface area contributed by atoms with Crippen LogP contribution in [0.15, 0.2) is 40.9 Å². The molecule has 29 heavy (non-hydrogen) atoms. The maximum atomic E-state index is 12.5. The van der Waals surface area contributed by atoms with Crippen molar-refractivity contribution in [2.45, 2.75) is 40.0 Å². The smallest absolute Gasteiger partial charge is 0.287 e. The number of benzene rings is 1. The number of ether oxygens (including phenoxy) is 3. The fourth-order valence-corrected chi connectivity index (χ4v) is 3.16. The molecule has 4 rings (SSSR count). The summed E-state index contributed by atoms with van der Waals surface area (Å²) in [6.07, 6.45) is 1.95. The molecule has 0 bridgehead atoms. The van der Waals surface area contributed by atoms with Crippen LogP contribution in [0.3, 0.4) is 0 Å². The Labute approximate surface area is 168 Å². The van der Waals surface area contributed by atoms with Gasteiger partial charge in [-0.1, -0.05) is 0 Å². The Morgan fingerprint density at radius 3 is 2.90 bits per heavy atom. The fourth-order valence-electron chi connectivity index (χ4n) is 3.16. The highest BCUT2D eigenvalue weighted by Crippen LogP contribution is 2.35. The second-order valence-corrected chi connectivity index (χ2v) is 6.79.